The number of aliphatic hydroxyl groups excluding tert-OH is 2. The fourth-order valence-electron chi connectivity index (χ4n) is 9.16. The van der Waals surface area contributed by atoms with E-state index in [4.69, 9.17) is 4.74 Å². The molecular weight excluding hydrogens is 827 g/mol. The number of esters is 1. The number of allylic oxidation sites excluding steroid dienone is 6. The van der Waals surface area contributed by atoms with Crippen molar-refractivity contribution < 1.29 is 24.5 Å². The van der Waals surface area contributed by atoms with Crippen LogP contribution in [0.3, 0.4) is 0 Å². The summed E-state index contributed by atoms with van der Waals surface area (Å²) in [6.07, 6.45) is 66.4. The smallest absolute Gasteiger partial charge is 0.306 e. The molecule has 394 valence electrons. The summed E-state index contributed by atoms with van der Waals surface area (Å²) >= 11 is 0. The zero-order valence-electron chi connectivity index (χ0n) is 45.0. The summed E-state index contributed by atoms with van der Waals surface area (Å²) in [7, 11) is 0. The lowest BCUT2D eigenvalue weighted by Crippen LogP contribution is -2.46. The minimum absolute atomic E-state index is 0.0679. The third-order valence-electron chi connectivity index (χ3n) is 13.7. The van der Waals surface area contributed by atoms with Gasteiger partial charge in [-0.2, -0.15) is 0 Å². The molecule has 0 heterocycles. The fourth-order valence-corrected chi connectivity index (χ4v) is 9.16. The third kappa shape index (κ3) is 50.3. The average molecular weight is 943 g/mol. The van der Waals surface area contributed by atoms with E-state index in [-0.39, 0.29) is 24.9 Å². The van der Waals surface area contributed by atoms with E-state index in [9.17, 15) is 19.8 Å². The van der Waals surface area contributed by atoms with E-state index in [2.05, 4.69) is 62.5 Å². The third-order valence-corrected chi connectivity index (χ3v) is 13.7. The van der Waals surface area contributed by atoms with Crippen LogP contribution in [0.5, 0.6) is 0 Å². The molecular formula is C61H115NO5. The number of carbonyl (C=O) groups excluding carboxylic acids is 2. The molecule has 67 heavy (non-hydrogen) atoms. The predicted molar refractivity (Wildman–Crippen MR) is 292 cm³/mol. The molecule has 0 aliphatic rings. The van der Waals surface area contributed by atoms with Crippen LogP contribution in [-0.4, -0.2) is 46.9 Å². The van der Waals surface area contributed by atoms with E-state index in [0.717, 1.165) is 70.6 Å². The molecule has 3 unspecified atom stereocenters. The Labute approximate surface area is 417 Å². The highest BCUT2D eigenvalue weighted by Crippen LogP contribution is 2.18. The van der Waals surface area contributed by atoms with Crippen LogP contribution in [-0.2, 0) is 14.3 Å². The summed E-state index contributed by atoms with van der Waals surface area (Å²) in [5.41, 5.74) is 0. The van der Waals surface area contributed by atoms with Gasteiger partial charge in [0.25, 0.3) is 0 Å². The van der Waals surface area contributed by atoms with Gasteiger partial charge in [-0.05, 0) is 83.5 Å². The minimum atomic E-state index is -0.793. The van der Waals surface area contributed by atoms with Crippen LogP contribution in [0, 0.1) is 0 Å². The van der Waals surface area contributed by atoms with E-state index in [1.165, 1.54) is 199 Å². The molecule has 0 spiro atoms. The average Bonchev–Trinajstić information content (AvgIpc) is 3.32. The molecule has 0 saturated heterocycles. The van der Waals surface area contributed by atoms with Gasteiger partial charge in [-0.1, -0.05) is 256 Å². The zero-order valence-corrected chi connectivity index (χ0v) is 45.0. The zero-order chi connectivity index (χ0) is 48.8. The molecule has 0 aliphatic heterocycles. The number of ether oxygens (including phenoxy) is 1. The number of nitrogens with one attached hydrogen (secondary N) is 1. The highest BCUT2D eigenvalue weighted by molar-refractivity contribution is 5.77. The first-order valence-electron chi connectivity index (χ1n) is 29.7. The van der Waals surface area contributed by atoms with Crippen molar-refractivity contribution in [2.45, 2.75) is 334 Å². The van der Waals surface area contributed by atoms with Gasteiger partial charge >= 0.3 is 5.97 Å². The van der Waals surface area contributed by atoms with Crippen molar-refractivity contribution >= 4 is 11.9 Å². The fraction of sp³-hybridized carbons (Fsp3) is 0.869. The number of unbranched alkanes of at least 4 members (excludes halogenated alkanes) is 36. The van der Waals surface area contributed by atoms with Gasteiger partial charge < -0.3 is 20.3 Å². The number of amides is 1. The Balaban J connectivity index is 4.54. The van der Waals surface area contributed by atoms with E-state index in [1.54, 1.807) is 0 Å². The van der Waals surface area contributed by atoms with E-state index in [0.29, 0.717) is 19.3 Å². The van der Waals surface area contributed by atoms with Crippen molar-refractivity contribution in [3.8, 4) is 0 Å². The maximum absolute atomic E-state index is 13.3. The van der Waals surface area contributed by atoms with Crippen LogP contribution in [0.15, 0.2) is 36.5 Å². The Kier molecular flexibility index (Phi) is 53.4. The van der Waals surface area contributed by atoms with E-state index >= 15 is 0 Å². The lowest BCUT2D eigenvalue weighted by Gasteiger charge is -2.24. The van der Waals surface area contributed by atoms with Gasteiger partial charge in [-0.3, -0.25) is 9.59 Å². The summed E-state index contributed by atoms with van der Waals surface area (Å²) in [4.78, 5) is 26.3. The van der Waals surface area contributed by atoms with Crippen molar-refractivity contribution in [2.24, 2.45) is 0 Å². The minimum Gasteiger partial charge on any atom is -0.462 e. The van der Waals surface area contributed by atoms with Gasteiger partial charge in [-0.15, -0.1) is 0 Å². The van der Waals surface area contributed by atoms with Gasteiger partial charge in [0, 0.05) is 6.42 Å². The van der Waals surface area contributed by atoms with Gasteiger partial charge in [0.1, 0.15) is 6.10 Å². The van der Waals surface area contributed by atoms with Crippen LogP contribution < -0.4 is 5.32 Å². The second kappa shape index (κ2) is 55.0. The number of aliphatic hydroxyl groups is 2. The van der Waals surface area contributed by atoms with Gasteiger partial charge in [0.2, 0.25) is 5.91 Å². The Morgan fingerprint density at radius 3 is 1.18 bits per heavy atom. The number of hydrogen-bond donors (Lipinski definition) is 3. The lowest BCUT2D eigenvalue weighted by molar-refractivity contribution is -0.151. The SMILES string of the molecule is CCCCC/C=C\C/C=C\CCCCCCCC(CC(=O)NC(CO)C(O)CCCCCCCCCCCCCCCCCCC)OC(=O)CCCCCCC/C=C/CCCCCCCCC. The van der Waals surface area contributed by atoms with E-state index < -0.39 is 18.2 Å². The summed E-state index contributed by atoms with van der Waals surface area (Å²) in [6.45, 7) is 6.49. The van der Waals surface area contributed by atoms with Crippen LogP contribution in [0.4, 0.5) is 0 Å². The molecule has 3 atom stereocenters. The molecule has 0 aliphatic carbocycles. The Hall–Kier alpha value is -1.92. The molecule has 0 bridgehead atoms. The summed E-state index contributed by atoms with van der Waals surface area (Å²) in [5.74, 6) is -0.483. The van der Waals surface area contributed by atoms with Crippen molar-refractivity contribution in [3.63, 3.8) is 0 Å². The molecule has 0 aromatic rings. The first kappa shape index (κ1) is 65.1. The first-order valence-corrected chi connectivity index (χ1v) is 29.7. The standard InChI is InChI=1S/C61H115NO5/c1-4-7-10-13-16-19-22-25-28-30-32-35-38-41-44-47-50-53-59(64)58(56-63)62-60(65)55-57(52-49-46-43-40-37-34-31-27-24-21-18-15-12-9-6-3)67-61(66)54-51-48-45-42-39-36-33-29-26-23-20-17-14-11-8-5-2/h18,21,27,29,31,33,57-59,63-64H,4-17,19-20,22-26,28,30,32,34-56H2,1-3H3,(H,62,65)/b21-18-,31-27-,33-29+. The second-order valence-corrected chi connectivity index (χ2v) is 20.4. The molecule has 6 nitrogen and oxygen atoms in total. The normalized spacial score (nSPS) is 13.3. The summed E-state index contributed by atoms with van der Waals surface area (Å²) in [5, 5.41) is 23.9. The monoisotopic (exact) mass is 942 g/mol. The molecule has 1 amide bonds. The van der Waals surface area contributed by atoms with Gasteiger partial charge in [0.05, 0.1) is 25.2 Å². The molecule has 6 heteroatoms. The number of hydrogen-bond acceptors (Lipinski definition) is 5. The topological polar surface area (TPSA) is 95.9 Å². The molecule has 0 fully saturated rings. The second-order valence-electron chi connectivity index (χ2n) is 20.4. The highest BCUT2D eigenvalue weighted by atomic mass is 16.5. The quantitative estimate of drug-likeness (QED) is 0.0321. The largest absolute Gasteiger partial charge is 0.462 e. The Morgan fingerprint density at radius 2 is 0.761 bits per heavy atom. The molecule has 0 radical (unpaired) electrons. The van der Waals surface area contributed by atoms with Crippen LogP contribution in [0.2, 0.25) is 0 Å². The van der Waals surface area contributed by atoms with Crippen molar-refractivity contribution in [2.75, 3.05) is 6.61 Å². The van der Waals surface area contributed by atoms with Gasteiger partial charge in [0.15, 0.2) is 0 Å². The summed E-state index contributed by atoms with van der Waals surface area (Å²) < 4.78 is 5.96. The predicted octanol–water partition coefficient (Wildman–Crippen LogP) is 18.4. The Morgan fingerprint density at radius 1 is 0.433 bits per heavy atom. The molecule has 0 aromatic heterocycles. The maximum atomic E-state index is 13.3. The lowest BCUT2D eigenvalue weighted by atomic mass is 10.0. The first-order chi connectivity index (χ1) is 33.0. The van der Waals surface area contributed by atoms with E-state index in [1.807, 2.05) is 0 Å². The van der Waals surface area contributed by atoms with Gasteiger partial charge in [-0.25, -0.2) is 0 Å². The van der Waals surface area contributed by atoms with Crippen molar-refractivity contribution in [1.82, 2.24) is 5.32 Å². The van der Waals surface area contributed by atoms with Crippen molar-refractivity contribution in [1.29, 1.82) is 0 Å². The highest BCUT2D eigenvalue weighted by Gasteiger charge is 2.24. The molecule has 0 rings (SSSR count). The Bertz CT molecular complexity index is 1100. The molecule has 0 aromatic carbocycles. The molecule has 3 N–H and O–H groups in total. The van der Waals surface area contributed by atoms with Crippen molar-refractivity contribution in [3.05, 3.63) is 36.5 Å². The number of carbonyl (C=O) groups is 2. The molecule has 0 saturated carbocycles. The summed E-state index contributed by atoms with van der Waals surface area (Å²) in [6, 6.07) is -0.707. The van der Waals surface area contributed by atoms with Crippen LogP contribution in [0.25, 0.3) is 0 Å². The maximum Gasteiger partial charge on any atom is 0.306 e. The van der Waals surface area contributed by atoms with Crippen LogP contribution in [0.1, 0.15) is 316 Å². The van der Waals surface area contributed by atoms with Crippen LogP contribution >= 0.6 is 0 Å². The number of rotatable bonds is 54.